The number of aliphatic hydroxyl groups is 1. The van der Waals surface area contributed by atoms with Crippen molar-refractivity contribution in [1.82, 2.24) is 0 Å². The minimum absolute atomic E-state index is 0.304. The van der Waals surface area contributed by atoms with E-state index in [1.165, 1.54) is 17.6 Å². The van der Waals surface area contributed by atoms with E-state index in [0.717, 1.165) is 12.8 Å². The molecular weight excluding hydrogens is 172 g/mol. The van der Waals surface area contributed by atoms with Crippen molar-refractivity contribution >= 4 is 6.08 Å². The van der Waals surface area contributed by atoms with Crippen LogP contribution in [0.3, 0.4) is 0 Å². The van der Waals surface area contributed by atoms with Gasteiger partial charge in [-0.05, 0) is 24.8 Å². The van der Waals surface area contributed by atoms with Gasteiger partial charge in [0.05, 0.1) is 0 Å². The van der Waals surface area contributed by atoms with Crippen molar-refractivity contribution < 1.29 is 5.11 Å². The average molecular weight is 188 g/mol. The molecule has 1 aliphatic rings. The van der Waals surface area contributed by atoms with E-state index in [4.69, 9.17) is 0 Å². The Kier molecular flexibility index (Phi) is 3.00. The van der Waals surface area contributed by atoms with Gasteiger partial charge in [-0.1, -0.05) is 42.0 Å². The lowest BCUT2D eigenvalue weighted by Crippen LogP contribution is -2.01. The fourth-order valence-electron chi connectivity index (χ4n) is 2.10. The Morgan fingerprint density at radius 1 is 1.29 bits per heavy atom. The van der Waals surface area contributed by atoms with Gasteiger partial charge in [0.1, 0.15) is 0 Å². The van der Waals surface area contributed by atoms with Gasteiger partial charge < -0.3 is 5.11 Å². The third-order valence-corrected chi connectivity index (χ3v) is 2.91. The Labute approximate surface area is 85.1 Å². The molecule has 1 fully saturated rings. The first-order valence-electron chi connectivity index (χ1n) is 5.26. The summed E-state index contributed by atoms with van der Waals surface area (Å²) >= 11 is 0. The van der Waals surface area contributed by atoms with Gasteiger partial charge in [0.25, 0.3) is 0 Å². The first kappa shape index (κ1) is 9.47. The van der Waals surface area contributed by atoms with Gasteiger partial charge in [0.15, 0.2) is 0 Å². The number of benzene rings is 1. The molecule has 1 aromatic rings. The van der Waals surface area contributed by atoms with E-state index in [9.17, 15) is 5.11 Å². The van der Waals surface area contributed by atoms with E-state index in [1.54, 1.807) is 0 Å². The van der Waals surface area contributed by atoms with Crippen LogP contribution in [0.5, 0.6) is 0 Å². The predicted octanol–water partition coefficient (Wildman–Crippen LogP) is 2.86. The Morgan fingerprint density at radius 3 is 2.79 bits per heavy atom. The maximum atomic E-state index is 9.17. The monoisotopic (exact) mass is 188 g/mol. The van der Waals surface area contributed by atoms with Crippen molar-refractivity contribution in [1.29, 1.82) is 0 Å². The highest BCUT2D eigenvalue weighted by Crippen LogP contribution is 2.31. The van der Waals surface area contributed by atoms with Crippen LogP contribution in [0.4, 0.5) is 0 Å². The van der Waals surface area contributed by atoms with Crippen LogP contribution in [0.1, 0.15) is 24.8 Å². The summed E-state index contributed by atoms with van der Waals surface area (Å²) in [6, 6.07) is 10.4. The van der Waals surface area contributed by atoms with Crippen LogP contribution >= 0.6 is 0 Å². The molecule has 1 heteroatoms. The van der Waals surface area contributed by atoms with Gasteiger partial charge in [-0.15, -0.1) is 0 Å². The number of hydrogen-bond donors (Lipinski definition) is 1. The molecule has 74 valence electrons. The maximum Gasteiger partial charge on any atom is 0.0496 e. The molecule has 1 aromatic carbocycles. The minimum atomic E-state index is 0.304. The van der Waals surface area contributed by atoms with Crippen molar-refractivity contribution in [2.45, 2.75) is 19.3 Å². The summed E-state index contributed by atoms with van der Waals surface area (Å²) < 4.78 is 0. The molecule has 0 aromatic heterocycles. The second-order valence-electron chi connectivity index (χ2n) is 3.90. The zero-order chi connectivity index (χ0) is 9.80. The number of hydrogen-bond acceptors (Lipinski definition) is 1. The first-order chi connectivity index (χ1) is 6.90. The van der Waals surface area contributed by atoms with Crippen LogP contribution in [0.25, 0.3) is 6.08 Å². The van der Waals surface area contributed by atoms with E-state index in [-0.39, 0.29) is 0 Å². The van der Waals surface area contributed by atoms with Crippen LogP contribution in [0, 0.1) is 5.92 Å². The molecule has 1 atom stereocenters. The van der Waals surface area contributed by atoms with Crippen LogP contribution in [0.2, 0.25) is 0 Å². The molecule has 1 unspecified atom stereocenters. The molecule has 0 radical (unpaired) electrons. The lowest BCUT2D eigenvalue weighted by Gasteiger charge is -2.07. The van der Waals surface area contributed by atoms with E-state index < -0.39 is 0 Å². The fourth-order valence-corrected chi connectivity index (χ4v) is 2.10. The van der Waals surface area contributed by atoms with Gasteiger partial charge in [0, 0.05) is 12.5 Å². The smallest absolute Gasteiger partial charge is 0.0496 e. The van der Waals surface area contributed by atoms with Crippen molar-refractivity contribution in [3.05, 3.63) is 41.5 Å². The summed E-state index contributed by atoms with van der Waals surface area (Å²) in [5.41, 5.74) is 2.67. The molecular formula is C13H16O. The van der Waals surface area contributed by atoms with E-state index >= 15 is 0 Å². The predicted molar refractivity (Wildman–Crippen MR) is 58.8 cm³/mol. The third-order valence-electron chi connectivity index (χ3n) is 2.91. The van der Waals surface area contributed by atoms with Crippen LogP contribution in [-0.2, 0) is 0 Å². The highest BCUT2D eigenvalue weighted by molar-refractivity contribution is 5.53. The molecule has 1 saturated carbocycles. The topological polar surface area (TPSA) is 20.2 Å². The largest absolute Gasteiger partial charge is 0.396 e. The zero-order valence-corrected chi connectivity index (χ0v) is 8.32. The summed E-state index contributed by atoms with van der Waals surface area (Å²) in [5.74, 6) is 0.412. The van der Waals surface area contributed by atoms with E-state index in [1.807, 2.05) is 6.07 Å². The normalized spacial score (nSPS) is 24.4. The summed E-state index contributed by atoms with van der Waals surface area (Å²) in [6.07, 6.45) is 5.76. The zero-order valence-electron chi connectivity index (χ0n) is 8.32. The molecule has 0 aliphatic heterocycles. The van der Waals surface area contributed by atoms with Crippen molar-refractivity contribution in [3.63, 3.8) is 0 Å². The van der Waals surface area contributed by atoms with E-state index in [0.29, 0.717) is 12.5 Å². The molecule has 1 N–H and O–H groups in total. The molecule has 0 saturated heterocycles. The second kappa shape index (κ2) is 4.43. The van der Waals surface area contributed by atoms with Gasteiger partial charge in [-0.3, -0.25) is 0 Å². The van der Waals surface area contributed by atoms with Crippen molar-refractivity contribution in [3.8, 4) is 0 Å². The van der Waals surface area contributed by atoms with E-state index in [2.05, 4.69) is 30.3 Å². The highest BCUT2D eigenvalue weighted by Gasteiger charge is 2.19. The van der Waals surface area contributed by atoms with Crippen molar-refractivity contribution in [2.24, 2.45) is 5.92 Å². The third kappa shape index (κ3) is 2.05. The summed E-state index contributed by atoms with van der Waals surface area (Å²) in [7, 11) is 0. The number of rotatable bonds is 2. The second-order valence-corrected chi connectivity index (χ2v) is 3.90. The first-order valence-corrected chi connectivity index (χ1v) is 5.26. The molecule has 0 spiro atoms. The molecule has 0 amide bonds. The average Bonchev–Trinajstić information content (AvgIpc) is 2.67. The van der Waals surface area contributed by atoms with Crippen molar-refractivity contribution in [2.75, 3.05) is 6.61 Å². The molecule has 14 heavy (non-hydrogen) atoms. The summed E-state index contributed by atoms with van der Waals surface area (Å²) in [6.45, 7) is 0.304. The molecule has 0 bridgehead atoms. The Hall–Kier alpha value is -1.08. The van der Waals surface area contributed by atoms with Gasteiger partial charge in [-0.25, -0.2) is 0 Å². The van der Waals surface area contributed by atoms with Gasteiger partial charge in [0.2, 0.25) is 0 Å². The van der Waals surface area contributed by atoms with Crippen LogP contribution < -0.4 is 0 Å². The van der Waals surface area contributed by atoms with Crippen LogP contribution in [0.15, 0.2) is 35.9 Å². The quantitative estimate of drug-likeness (QED) is 0.756. The maximum absolute atomic E-state index is 9.17. The Morgan fingerprint density at radius 2 is 2.07 bits per heavy atom. The van der Waals surface area contributed by atoms with Gasteiger partial charge >= 0.3 is 0 Å². The summed E-state index contributed by atoms with van der Waals surface area (Å²) in [4.78, 5) is 0. The van der Waals surface area contributed by atoms with Gasteiger partial charge in [-0.2, -0.15) is 0 Å². The lowest BCUT2D eigenvalue weighted by atomic mass is 10.0. The Bertz CT molecular complexity index is 313. The SMILES string of the molecule is OCC1CCC/C1=C/c1ccccc1. The highest BCUT2D eigenvalue weighted by atomic mass is 16.3. The minimum Gasteiger partial charge on any atom is -0.396 e. The molecule has 1 aliphatic carbocycles. The molecule has 0 heterocycles. The number of aliphatic hydroxyl groups excluding tert-OH is 1. The summed E-state index contributed by atoms with van der Waals surface area (Å²) in [5, 5.41) is 9.17. The molecule has 1 nitrogen and oxygen atoms in total. The Balaban J connectivity index is 2.18. The lowest BCUT2D eigenvalue weighted by molar-refractivity contribution is 0.249. The fraction of sp³-hybridized carbons (Fsp3) is 0.385. The van der Waals surface area contributed by atoms with Crippen LogP contribution in [-0.4, -0.2) is 11.7 Å². The standard InChI is InChI=1S/C13H16O/c14-10-13-8-4-7-12(13)9-11-5-2-1-3-6-11/h1-3,5-6,9,13-14H,4,7-8,10H2/b12-9-. The molecule has 2 rings (SSSR count).